The van der Waals surface area contributed by atoms with Crippen LogP contribution in [0.3, 0.4) is 0 Å². The first-order valence-electron chi connectivity index (χ1n) is 13.7. The van der Waals surface area contributed by atoms with Gasteiger partial charge in [-0.1, -0.05) is 42.8 Å². The number of carbonyl (C=O) groups is 1. The lowest BCUT2D eigenvalue weighted by molar-refractivity contribution is 0.0706. The summed E-state index contributed by atoms with van der Waals surface area (Å²) in [5.41, 5.74) is 3.54. The summed E-state index contributed by atoms with van der Waals surface area (Å²) in [6.45, 7) is 4.35. The van der Waals surface area contributed by atoms with E-state index in [1.807, 2.05) is 24.3 Å². The number of carbonyl (C=O) groups excluding carboxylic acids is 1. The molecule has 1 aliphatic rings. The number of para-hydroxylation sites is 1. The maximum atomic E-state index is 13.6. The van der Waals surface area contributed by atoms with Gasteiger partial charge >= 0.3 is 5.69 Å². The second-order valence-electron chi connectivity index (χ2n) is 10.1. The van der Waals surface area contributed by atoms with Crippen LogP contribution in [-0.4, -0.2) is 51.4 Å². The number of hydroxylamine groups is 1. The summed E-state index contributed by atoms with van der Waals surface area (Å²) in [7, 11) is 0. The number of amides is 1. The van der Waals surface area contributed by atoms with Gasteiger partial charge < -0.3 is 4.74 Å². The molecule has 5 rings (SSSR count). The fourth-order valence-electron chi connectivity index (χ4n) is 5.20. The van der Waals surface area contributed by atoms with Crippen LogP contribution in [0.15, 0.2) is 82.4 Å². The van der Waals surface area contributed by atoms with Crippen molar-refractivity contribution in [3.63, 3.8) is 0 Å². The van der Waals surface area contributed by atoms with Gasteiger partial charge in [-0.25, -0.2) is 10.3 Å². The number of hydrogen-bond acceptors (Lipinski definition) is 6. The largest absolute Gasteiger partial charge is 0.492 e. The van der Waals surface area contributed by atoms with E-state index in [2.05, 4.69) is 4.90 Å². The minimum Gasteiger partial charge on any atom is -0.492 e. The van der Waals surface area contributed by atoms with Gasteiger partial charge in [0.15, 0.2) is 0 Å². The number of piperidine rings is 1. The number of nitrogens with one attached hydrogen (secondary N) is 1. The van der Waals surface area contributed by atoms with E-state index < -0.39 is 11.6 Å². The highest BCUT2D eigenvalue weighted by Gasteiger charge is 2.14. The molecule has 1 fully saturated rings. The first-order valence-corrected chi connectivity index (χ1v) is 13.7. The monoisotopic (exact) mass is 542 g/mol. The highest BCUT2D eigenvalue weighted by Crippen LogP contribution is 2.15. The molecule has 0 spiro atoms. The van der Waals surface area contributed by atoms with Gasteiger partial charge in [0.05, 0.1) is 17.4 Å². The molecular formula is C31H34N4O5. The van der Waals surface area contributed by atoms with Crippen LogP contribution in [0.2, 0.25) is 0 Å². The number of nitrogens with zero attached hydrogens (tertiary/aromatic N) is 3. The lowest BCUT2D eigenvalue weighted by atomic mass is 10.1. The number of hydrogen-bond donors (Lipinski definition) is 2. The van der Waals surface area contributed by atoms with E-state index >= 15 is 0 Å². The fourth-order valence-corrected chi connectivity index (χ4v) is 5.20. The summed E-state index contributed by atoms with van der Waals surface area (Å²) in [5, 5.41) is 9.31. The van der Waals surface area contributed by atoms with Crippen molar-refractivity contribution in [3.8, 4) is 5.75 Å². The summed E-state index contributed by atoms with van der Waals surface area (Å²) in [5.74, 6) is 0.202. The zero-order chi connectivity index (χ0) is 27.9. The minimum absolute atomic E-state index is 0.226. The van der Waals surface area contributed by atoms with E-state index in [1.165, 1.54) is 23.8 Å². The van der Waals surface area contributed by atoms with Crippen molar-refractivity contribution < 1.29 is 14.7 Å². The molecule has 40 heavy (non-hydrogen) atoms. The van der Waals surface area contributed by atoms with E-state index in [1.54, 1.807) is 58.6 Å². The highest BCUT2D eigenvalue weighted by molar-refractivity contribution is 5.93. The van der Waals surface area contributed by atoms with Crippen LogP contribution in [0.1, 0.15) is 40.7 Å². The third-order valence-electron chi connectivity index (χ3n) is 7.46. The van der Waals surface area contributed by atoms with Crippen molar-refractivity contribution in [1.82, 2.24) is 19.5 Å². The topological polar surface area (TPSA) is 106 Å². The van der Waals surface area contributed by atoms with Crippen LogP contribution in [0, 0.1) is 0 Å². The molecule has 4 aromatic rings. The highest BCUT2D eigenvalue weighted by atomic mass is 16.5. The van der Waals surface area contributed by atoms with Crippen LogP contribution in [-0.2, 0) is 19.5 Å². The number of likely N-dealkylation sites (tertiary alicyclic amines) is 1. The van der Waals surface area contributed by atoms with Gasteiger partial charge in [-0.3, -0.25) is 28.8 Å². The number of ether oxygens (including phenoxy) is 1. The van der Waals surface area contributed by atoms with Crippen molar-refractivity contribution in [2.24, 2.45) is 0 Å². The summed E-state index contributed by atoms with van der Waals surface area (Å²) >= 11 is 0. The van der Waals surface area contributed by atoms with Crippen molar-refractivity contribution in [2.75, 3.05) is 26.2 Å². The molecule has 3 aromatic carbocycles. The second-order valence-corrected chi connectivity index (χ2v) is 10.1. The van der Waals surface area contributed by atoms with Crippen LogP contribution in [0.25, 0.3) is 10.9 Å². The first kappa shape index (κ1) is 27.4. The van der Waals surface area contributed by atoms with Gasteiger partial charge in [-0.15, -0.1) is 0 Å². The molecule has 1 aliphatic heterocycles. The Kier molecular flexibility index (Phi) is 8.73. The number of aryl methyl sites for hydroxylation is 1. The smallest absolute Gasteiger partial charge is 0.331 e. The molecule has 0 unspecified atom stereocenters. The zero-order valence-corrected chi connectivity index (χ0v) is 22.4. The molecule has 1 aromatic heterocycles. The van der Waals surface area contributed by atoms with Crippen LogP contribution in [0.4, 0.5) is 0 Å². The molecule has 0 saturated carbocycles. The molecular weight excluding hydrogens is 508 g/mol. The SMILES string of the molecule is O=C(NO)c1ccc(Cn2c(=O)n(CCc3ccc(OCCN4CCCCC4)cc3)c(=O)c3ccccc32)cc1. The van der Waals surface area contributed by atoms with Crippen molar-refractivity contribution in [2.45, 2.75) is 38.8 Å². The molecule has 0 aliphatic carbocycles. The first-order chi connectivity index (χ1) is 19.5. The normalized spacial score (nSPS) is 13.8. The molecule has 0 bridgehead atoms. The van der Waals surface area contributed by atoms with Gasteiger partial charge in [0, 0.05) is 18.7 Å². The standard InChI is InChI=1S/C31H34N4O5/c36-29(32-39)25-12-8-24(9-13-25)22-35-28-7-3-2-6-27(28)30(37)34(31(35)38)19-16-23-10-14-26(15-11-23)40-21-20-33-17-4-1-5-18-33/h2-3,6-15,39H,1,4-5,16-22H2,(H,32,36). The molecule has 0 atom stereocenters. The van der Waals surface area contributed by atoms with Gasteiger partial charge in [-0.2, -0.15) is 0 Å². The minimum atomic E-state index is -0.611. The van der Waals surface area contributed by atoms with Gasteiger partial charge in [0.25, 0.3) is 11.5 Å². The van der Waals surface area contributed by atoms with E-state index in [9.17, 15) is 14.4 Å². The number of fused-ring (bicyclic) bond motifs is 1. The lowest BCUT2D eigenvalue weighted by Gasteiger charge is -2.26. The molecule has 9 heteroatoms. The number of aromatic nitrogens is 2. The Morgan fingerprint density at radius 3 is 2.25 bits per heavy atom. The molecule has 2 heterocycles. The van der Waals surface area contributed by atoms with Crippen molar-refractivity contribution in [3.05, 3.63) is 110 Å². The van der Waals surface area contributed by atoms with Crippen LogP contribution >= 0.6 is 0 Å². The van der Waals surface area contributed by atoms with Gasteiger partial charge in [-0.05, 0) is 79.9 Å². The van der Waals surface area contributed by atoms with E-state index in [0.717, 1.165) is 36.5 Å². The number of rotatable bonds is 10. The third-order valence-corrected chi connectivity index (χ3v) is 7.46. The number of benzene rings is 3. The summed E-state index contributed by atoms with van der Waals surface area (Å²) < 4.78 is 8.80. The predicted molar refractivity (Wildman–Crippen MR) is 153 cm³/mol. The molecule has 0 radical (unpaired) electrons. The van der Waals surface area contributed by atoms with Crippen molar-refractivity contribution in [1.29, 1.82) is 0 Å². The predicted octanol–water partition coefficient (Wildman–Crippen LogP) is 3.44. The molecule has 208 valence electrons. The van der Waals surface area contributed by atoms with Crippen LogP contribution in [0.5, 0.6) is 5.75 Å². The quantitative estimate of drug-likeness (QED) is 0.235. The maximum absolute atomic E-state index is 13.6. The third kappa shape index (κ3) is 6.32. The lowest BCUT2D eigenvalue weighted by Crippen LogP contribution is -2.40. The molecule has 1 amide bonds. The maximum Gasteiger partial charge on any atom is 0.331 e. The Balaban J connectivity index is 1.30. The summed E-state index contributed by atoms with van der Waals surface area (Å²) in [4.78, 5) is 40.9. The second kappa shape index (κ2) is 12.8. The Bertz CT molecular complexity index is 1570. The van der Waals surface area contributed by atoms with E-state index in [4.69, 9.17) is 9.94 Å². The zero-order valence-electron chi connectivity index (χ0n) is 22.4. The van der Waals surface area contributed by atoms with Gasteiger partial charge in [0.1, 0.15) is 12.4 Å². The summed E-state index contributed by atoms with van der Waals surface area (Å²) in [6, 6.07) is 21.5. The van der Waals surface area contributed by atoms with Gasteiger partial charge in [0.2, 0.25) is 0 Å². The van der Waals surface area contributed by atoms with E-state index in [0.29, 0.717) is 29.5 Å². The Labute approximate surface area is 232 Å². The Morgan fingerprint density at radius 2 is 1.52 bits per heavy atom. The molecule has 9 nitrogen and oxygen atoms in total. The Morgan fingerprint density at radius 1 is 0.825 bits per heavy atom. The molecule has 2 N–H and O–H groups in total. The average Bonchev–Trinajstić information content (AvgIpc) is 3.00. The van der Waals surface area contributed by atoms with Crippen molar-refractivity contribution >= 4 is 16.8 Å². The summed E-state index contributed by atoms with van der Waals surface area (Å²) in [6.07, 6.45) is 4.36. The average molecular weight is 543 g/mol. The molecule has 1 saturated heterocycles. The van der Waals surface area contributed by atoms with Crippen LogP contribution < -0.4 is 21.5 Å². The van der Waals surface area contributed by atoms with E-state index in [-0.39, 0.29) is 18.6 Å². The Hall–Kier alpha value is -4.21. The fraction of sp³-hybridized carbons (Fsp3) is 0.323.